The number of hydrogen-bond donors (Lipinski definition) is 1. The van der Waals surface area contributed by atoms with Gasteiger partial charge in [-0.2, -0.15) is 0 Å². The minimum atomic E-state index is 0.0110. The highest BCUT2D eigenvalue weighted by atomic mass is 16.3. The summed E-state index contributed by atoms with van der Waals surface area (Å²) < 4.78 is 5.49. The number of hydrogen-bond acceptors (Lipinski definition) is 4. The molecule has 21 heavy (non-hydrogen) atoms. The Morgan fingerprint density at radius 3 is 2.67 bits per heavy atom. The first kappa shape index (κ1) is 14.0. The summed E-state index contributed by atoms with van der Waals surface area (Å²) in [5.74, 6) is 2.92. The van der Waals surface area contributed by atoms with Crippen molar-refractivity contribution in [2.24, 2.45) is 0 Å². The van der Waals surface area contributed by atoms with Crippen molar-refractivity contribution in [1.82, 2.24) is 4.98 Å². The molecule has 4 nitrogen and oxygen atoms in total. The lowest BCUT2D eigenvalue weighted by Gasteiger charge is -2.25. The summed E-state index contributed by atoms with van der Waals surface area (Å²) >= 11 is 0. The van der Waals surface area contributed by atoms with Crippen molar-refractivity contribution in [2.75, 3.05) is 10.2 Å². The minimum Gasteiger partial charge on any atom is -0.467 e. The second kappa shape index (κ2) is 5.43. The van der Waals surface area contributed by atoms with E-state index in [-0.39, 0.29) is 5.54 Å². The summed E-state index contributed by atoms with van der Waals surface area (Å²) in [6.45, 7) is 7.21. The van der Waals surface area contributed by atoms with Crippen molar-refractivity contribution in [3.63, 3.8) is 0 Å². The van der Waals surface area contributed by atoms with E-state index in [4.69, 9.17) is 9.40 Å². The fourth-order valence-electron chi connectivity index (χ4n) is 2.39. The number of anilines is 2. The van der Waals surface area contributed by atoms with E-state index in [2.05, 4.69) is 43.1 Å². The van der Waals surface area contributed by atoms with Gasteiger partial charge in [0.2, 0.25) is 0 Å². The van der Waals surface area contributed by atoms with E-state index in [1.54, 1.807) is 6.26 Å². The Labute approximate surface area is 126 Å². The van der Waals surface area contributed by atoms with E-state index in [0.29, 0.717) is 6.04 Å². The summed E-state index contributed by atoms with van der Waals surface area (Å²) in [5.41, 5.74) is 0.0110. The Hall–Kier alpha value is -1.97. The third-order valence-electron chi connectivity index (χ3n) is 3.43. The number of aromatic nitrogens is 1. The molecule has 0 unspecified atom stereocenters. The molecule has 2 aromatic heterocycles. The van der Waals surface area contributed by atoms with Crippen LogP contribution in [0.25, 0.3) is 0 Å². The lowest BCUT2D eigenvalue weighted by molar-refractivity contribution is 0.500. The molecule has 2 heterocycles. The lowest BCUT2D eigenvalue weighted by Crippen LogP contribution is -2.28. The Balaban J connectivity index is 1.81. The van der Waals surface area contributed by atoms with Crippen LogP contribution in [0.5, 0.6) is 0 Å². The van der Waals surface area contributed by atoms with Gasteiger partial charge >= 0.3 is 0 Å². The molecule has 0 atom stereocenters. The summed E-state index contributed by atoms with van der Waals surface area (Å²) in [6.07, 6.45) is 4.20. The van der Waals surface area contributed by atoms with Crippen molar-refractivity contribution < 1.29 is 4.42 Å². The van der Waals surface area contributed by atoms with Gasteiger partial charge in [0, 0.05) is 11.6 Å². The number of nitrogens with zero attached hydrogens (tertiary/aromatic N) is 2. The normalized spacial score (nSPS) is 15.0. The molecule has 112 valence electrons. The smallest absolute Gasteiger partial charge is 0.131 e. The van der Waals surface area contributed by atoms with Crippen LogP contribution in [0, 0.1) is 0 Å². The van der Waals surface area contributed by atoms with Crippen LogP contribution in [0.15, 0.2) is 41.0 Å². The first-order valence-corrected chi connectivity index (χ1v) is 7.55. The predicted octanol–water partition coefficient (Wildman–Crippen LogP) is 4.05. The average Bonchev–Trinajstić information content (AvgIpc) is 3.11. The molecule has 1 aliphatic rings. The van der Waals surface area contributed by atoms with Crippen LogP contribution in [0.3, 0.4) is 0 Å². The molecule has 0 radical (unpaired) electrons. The quantitative estimate of drug-likeness (QED) is 0.899. The molecule has 0 amide bonds. The van der Waals surface area contributed by atoms with E-state index >= 15 is 0 Å². The molecule has 2 aromatic rings. The third kappa shape index (κ3) is 3.78. The molecule has 3 rings (SSSR count). The highest BCUT2D eigenvalue weighted by molar-refractivity contribution is 5.49. The summed E-state index contributed by atoms with van der Waals surface area (Å²) in [6, 6.07) is 10.7. The first-order chi connectivity index (χ1) is 10.0. The predicted molar refractivity (Wildman–Crippen MR) is 85.5 cm³/mol. The molecule has 1 aliphatic carbocycles. The maximum atomic E-state index is 5.49. The zero-order valence-electron chi connectivity index (χ0n) is 13.0. The maximum absolute atomic E-state index is 5.49. The Morgan fingerprint density at radius 2 is 2.05 bits per heavy atom. The maximum Gasteiger partial charge on any atom is 0.131 e. The van der Waals surface area contributed by atoms with E-state index < -0.39 is 0 Å². The van der Waals surface area contributed by atoms with Crippen molar-refractivity contribution in [3.8, 4) is 0 Å². The topological polar surface area (TPSA) is 41.3 Å². The van der Waals surface area contributed by atoms with Gasteiger partial charge in [-0.1, -0.05) is 6.07 Å². The Bertz CT molecular complexity index is 582. The van der Waals surface area contributed by atoms with Crippen LogP contribution in [0.4, 0.5) is 11.6 Å². The number of nitrogens with one attached hydrogen (secondary N) is 1. The first-order valence-electron chi connectivity index (χ1n) is 7.55. The van der Waals surface area contributed by atoms with Crippen molar-refractivity contribution in [1.29, 1.82) is 0 Å². The van der Waals surface area contributed by atoms with Gasteiger partial charge in [0.15, 0.2) is 0 Å². The van der Waals surface area contributed by atoms with Gasteiger partial charge in [-0.05, 0) is 57.9 Å². The largest absolute Gasteiger partial charge is 0.467 e. The Morgan fingerprint density at radius 1 is 1.24 bits per heavy atom. The summed E-state index contributed by atoms with van der Waals surface area (Å²) in [4.78, 5) is 7.11. The highest BCUT2D eigenvalue weighted by Crippen LogP contribution is 2.32. The Kier molecular flexibility index (Phi) is 3.62. The van der Waals surface area contributed by atoms with E-state index in [1.165, 1.54) is 12.8 Å². The van der Waals surface area contributed by atoms with Gasteiger partial charge in [0.25, 0.3) is 0 Å². The van der Waals surface area contributed by atoms with Crippen LogP contribution in [-0.2, 0) is 6.54 Å². The SMILES string of the molecule is CC(C)(C)Nc1cccc(N(Cc2ccco2)C2CC2)n1. The molecular weight excluding hydrogens is 262 g/mol. The van der Waals surface area contributed by atoms with E-state index in [9.17, 15) is 0 Å². The molecule has 0 saturated heterocycles. The summed E-state index contributed by atoms with van der Waals surface area (Å²) in [7, 11) is 0. The lowest BCUT2D eigenvalue weighted by atomic mass is 10.1. The van der Waals surface area contributed by atoms with Crippen LogP contribution < -0.4 is 10.2 Å². The van der Waals surface area contributed by atoms with Gasteiger partial charge in [-0.3, -0.25) is 0 Å². The third-order valence-corrected chi connectivity index (χ3v) is 3.43. The number of furan rings is 1. The summed E-state index contributed by atoms with van der Waals surface area (Å²) in [5, 5.41) is 3.43. The van der Waals surface area contributed by atoms with Crippen LogP contribution in [-0.4, -0.2) is 16.6 Å². The second-order valence-electron chi connectivity index (χ2n) is 6.69. The monoisotopic (exact) mass is 285 g/mol. The van der Waals surface area contributed by atoms with Gasteiger partial charge < -0.3 is 14.6 Å². The van der Waals surface area contributed by atoms with Gasteiger partial charge in [0.05, 0.1) is 12.8 Å². The highest BCUT2D eigenvalue weighted by Gasteiger charge is 2.30. The number of rotatable bonds is 5. The molecule has 0 spiro atoms. The van der Waals surface area contributed by atoms with Crippen molar-refractivity contribution >= 4 is 11.6 Å². The molecule has 0 aliphatic heterocycles. The zero-order chi connectivity index (χ0) is 14.9. The van der Waals surface area contributed by atoms with Crippen LogP contribution in [0.2, 0.25) is 0 Å². The zero-order valence-corrected chi connectivity index (χ0v) is 13.0. The standard InChI is InChI=1S/C17H23N3O/c1-17(2,3)19-15-7-4-8-16(18-15)20(13-9-10-13)12-14-6-5-11-21-14/h4-8,11,13H,9-10,12H2,1-3H3,(H,18,19). The molecule has 1 saturated carbocycles. The molecule has 0 bridgehead atoms. The van der Waals surface area contributed by atoms with Crippen molar-refractivity contribution in [3.05, 3.63) is 42.4 Å². The average molecular weight is 285 g/mol. The molecule has 1 N–H and O–H groups in total. The van der Waals surface area contributed by atoms with Gasteiger partial charge in [0.1, 0.15) is 17.4 Å². The number of pyridine rings is 1. The van der Waals surface area contributed by atoms with E-state index in [0.717, 1.165) is 23.9 Å². The fraction of sp³-hybridized carbons (Fsp3) is 0.471. The molecular formula is C17H23N3O. The van der Waals surface area contributed by atoms with Crippen molar-refractivity contribution in [2.45, 2.75) is 51.7 Å². The molecule has 0 aromatic carbocycles. The van der Waals surface area contributed by atoms with Crippen LogP contribution in [0.1, 0.15) is 39.4 Å². The molecule has 1 fully saturated rings. The molecule has 4 heteroatoms. The van der Waals surface area contributed by atoms with Gasteiger partial charge in [-0.15, -0.1) is 0 Å². The van der Waals surface area contributed by atoms with Crippen LogP contribution >= 0.6 is 0 Å². The fourth-order valence-corrected chi connectivity index (χ4v) is 2.39. The van der Waals surface area contributed by atoms with Gasteiger partial charge in [-0.25, -0.2) is 4.98 Å². The minimum absolute atomic E-state index is 0.0110. The second-order valence-corrected chi connectivity index (χ2v) is 6.69. The van der Waals surface area contributed by atoms with E-state index in [1.807, 2.05) is 18.2 Å².